The molecule has 0 amide bonds. The lowest BCUT2D eigenvalue weighted by atomic mass is 9.97. The highest BCUT2D eigenvalue weighted by Crippen LogP contribution is 2.24. The predicted octanol–water partition coefficient (Wildman–Crippen LogP) is 4.29. The van der Waals surface area contributed by atoms with E-state index >= 15 is 0 Å². The number of halogens is 1. The number of aryl methyl sites for hydroxylation is 1. The molecule has 0 spiro atoms. The molecule has 1 unspecified atom stereocenters. The minimum Gasteiger partial charge on any atom is -0.320 e. The molecule has 0 aliphatic carbocycles. The van der Waals surface area contributed by atoms with Crippen LogP contribution in [-0.4, -0.2) is 0 Å². The maximum absolute atomic E-state index is 6.38. The van der Waals surface area contributed by atoms with Gasteiger partial charge in [-0.15, -0.1) is 0 Å². The van der Waals surface area contributed by atoms with Crippen LogP contribution >= 0.6 is 22.6 Å². The second-order valence-corrected chi connectivity index (χ2v) is 5.66. The van der Waals surface area contributed by atoms with E-state index in [1.807, 2.05) is 12.1 Å². The van der Waals surface area contributed by atoms with Crippen LogP contribution in [-0.2, 0) is 6.42 Å². The van der Waals surface area contributed by atoms with Gasteiger partial charge in [0.25, 0.3) is 0 Å². The van der Waals surface area contributed by atoms with Gasteiger partial charge in [-0.05, 0) is 51.8 Å². The first-order valence-electron chi connectivity index (χ1n) is 6.31. The molecular weight excluding hydrogens is 333 g/mol. The lowest BCUT2D eigenvalue weighted by Crippen LogP contribution is -2.13. The fourth-order valence-corrected chi connectivity index (χ4v) is 2.86. The molecule has 0 saturated heterocycles. The molecule has 2 heteroatoms. The summed E-state index contributed by atoms with van der Waals surface area (Å²) in [4.78, 5) is 0. The van der Waals surface area contributed by atoms with E-state index in [0.29, 0.717) is 0 Å². The third-order valence-corrected chi connectivity index (χ3v) is 4.07. The average Bonchev–Trinajstić information content (AvgIpc) is 2.39. The summed E-state index contributed by atoms with van der Waals surface area (Å²) in [6, 6.07) is 16.9. The Morgan fingerprint density at radius 1 is 1.11 bits per heavy atom. The number of rotatable bonds is 4. The topological polar surface area (TPSA) is 26.0 Å². The standard InChI is InChI=1S/C16H18IN/c1-2-6-12-7-5-8-13(11-12)16(18)14-9-3-4-10-15(14)17/h3-5,7-11,16H,2,6,18H2,1H3. The normalized spacial score (nSPS) is 12.4. The molecule has 2 rings (SSSR count). The third-order valence-electron chi connectivity index (χ3n) is 3.09. The van der Waals surface area contributed by atoms with Crippen LogP contribution in [0, 0.1) is 3.57 Å². The van der Waals surface area contributed by atoms with E-state index in [2.05, 4.69) is 65.9 Å². The Labute approximate surface area is 123 Å². The van der Waals surface area contributed by atoms with Gasteiger partial charge in [-0.3, -0.25) is 0 Å². The molecule has 0 radical (unpaired) electrons. The van der Waals surface area contributed by atoms with Crippen LogP contribution in [0.15, 0.2) is 48.5 Å². The van der Waals surface area contributed by atoms with Gasteiger partial charge >= 0.3 is 0 Å². The first-order valence-corrected chi connectivity index (χ1v) is 7.39. The smallest absolute Gasteiger partial charge is 0.0562 e. The van der Waals surface area contributed by atoms with Crippen molar-refractivity contribution in [3.8, 4) is 0 Å². The van der Waals surface area contributed by atoms with Crippen molar-refractivity contribution in [2.75, 3.05) is 0 Å². The van der Waals surface area contributed by atoms with Crippen molar-refractivity contribution in [2.45, 2.75) is 25.8 Å². The van der Waals surface area contributed by atoms with Crippen LogP contribution in [0.3, 0.4) is 0 Å². The molecule has 1 nitrogen and oxygen atoms in total. The van der Waals surface area contributed by atoms with Crippen molar-refractivity contribution in [1.29, 1.82) is 0 Å². The van der Waals surface area contributed by atoms with Gasteiger partial charge in [-0.2, -0.15) is 0 Å². The van der Waals surface area contributed by atoms with Crippen LogP contribution in [0.25, 0.3) is 0 Å². The summed E-state index contributed by atoms with van der Waals surface area (Å²) in [5, 5.41) is 0. The van der Waals surface area contributed by atoms with Crippen LogP contribution < -0.4 is 5.73 Å². The lowest BCUT2D eigenvalue weighted by molar-refractivity contribution is 0.853. The van der Waals surface area contributed by atoms with Crippen LogP contribution in [0.5, 0.6) is 0 Å². The maximum Gasteiger partial charge on any atom is 0.0562 e. The minimum absolute atomic E-state index is 0.0325. The van der Waals surface area contributed by atoms with Crippen molar-refractivity contribution >= 4 is 22.6 Å². The van der Waals surface area contributed by atoms with Crippen molar-refractivity contribution in [1.82, 2.24) is 0 Å². The van der Waals surface area contributed by atoms with E-state index in [9.17, 15) is 0 Å². The molecule has 0 fully saturated rings. The van der Waals surface area contributed by atoms with Gasteiger partial charge in [0, 0.05) is 3.57 Å². The number of nitrogens with two attached hydrogens (primary N) is 1. The quantitative estimate of drug-likeness (QED) is 0.817. The van der Waals surface area contributed by atoms with Gasteiger partial charge in [-0.25, -0.2) is 0 Å². The molecule has 0 heterocycles. The Kier molecular flexibility index (Phi) is 4.78. The fourth-order valence-electron chi connectivity index (χ4n) is 2.14. The number of benzene rings is 2. The summed E-state index contributed by atoms with van der Waals surface area (Å²) in [5.74, 6) is 0. The largest absolute Gasteiger partial charge is 0.320 e. The molecule has 0 bridgehead atoms. The van der Waals surface area contributed by atoms with Gasteiger partial charge in [-0.1, -0.05) is 55.8 Å². The second-order valence-electron chi connectivity index (χ2n) is 4.49. The Morgan fingerprint density at radius 3 is 2.61 bits per heavy atom. The lowest BCUT2D eigenvalue weighted by Gasteiger charge is -2.15. The SMILES string of the molecule is CCCc1cccc(C(N)c2ccccc2I)c1. The molecule has 2 aromatic rings. The van der Waals surface area contributed by atoms with Gasteiger partial charge in [0.05, 0.1) is 6.04 Å². The summed E-state index contributed by atoms with van der Waals surface area (Å²) in [6.45, 7) is 2.20. The zero-order chi connectivity index (χ0) is 13.0. The van der Waals surface area contributed by atoms with Crippen LogP contribution in [0.1, 0.15) is 36.1 Å². The molecular formula is C16H18IN. The zero-order valence-corrected chi connectivity index (χ0v) is 12.7. The molecule has 18 heavy (non-hydrogen) atoms. The van der Waals surface area contributed by atoms with E-state index < -0.39 is 0 Å². The van der Waals surface area contributed by atoms with Crippen LogP contribution in [0.4, 0.5) is 0 Å². The molecule has 2 aromatic carbocycles. The highest BCUT2D eigenvalue weighted by atomic mass is 127. The van der Waals surface area contributed by atoms with Crippen molar-refractivity contribution < 1.29 is 0 Å². The number of hydrogen-bond donors (Lipinski definition) is 1. The molecule has 1 atom stereocenters. The number of hydrogen-bond acceptors (Lipinski definition) is 1. The summed E-state index contributed by atoms with van der Waals surface area (Å²) < 4.78 is 1.23. The van der Waals surface area contributed by atoms with E-state index in [0.717, 1.165) is 6.42 Å². The van der Waals surface area contributed by atoms with Gasteiger partial charge in [0.1, 0.15) is 0 Å². The van der Waals surface area contributed by atoms with Gasteiger partial charge in [0.2, 0.25) is 0 Å². The van der Waals surface area contributed by atoms with Gasteiger partial charge in [0.15, 0.2) is 0 Å². The highest BCUT2D eigenvalue weighted by Gasteiger charge is 2.11. The van der Waals surface area contributed by atoms with E-state index in [4.69, 9.17) is 5.73 Å². The summed E-state index contributed by atoms with van der Waals surface area (Å²) >= 11 is 2.35. The van der Waals surface area contributed by atoms with Crippen molar-refractivity contribution in [3.63, 3.8) is 0 Å². The monoisotopic (exact) mass is 351 g/mol. The fraction of sp³-hybridized carbons (Fsp3) is 0.250. The highest BCUT2D eigenvalue weighted by molar-refractivity contribution is 14.1. The Morgan fingerprint density at radius 2 is 1.89 bits per heavy atom. The summed E-state index contributed by atoms with van der Waals surface area (Å²) in [5.41, 5.74) is 10.1. The van der Waals surface area contributed by atoms with Crippen molar-refractivity contribution in [3.05, 3.63) is 68.8 Å². The van der Waals surface area contributed by atoms with Gasteiger partial charge < -0.3 is 5.73 Å². The Hall–Kier alpha value is -0.870. The molecule has 0 aliphatic rings. The van der Waals surface area contributed by atoms with Crippen LogP contribution in [0.2, 0.25) is 0 Å². The summed E-state index contributed by atoms with van der Waals surface area (Å²) in [6.07, 6.45) is 2.29. The minimum atomic E-state index is -0.0325. The van der Waals surface area contributed by atoms with Crippen molar-refractivity contribution in [2.24, 2.45) is 5.73 Å². The second kappa shape index (κ2) is 6.34. The summed E-state index contributed by atoms with van der Waals surface area (Å²) in [7, 11) is 0. The Bertz CT molecular complexity index is 522. The average molecular weight is 351 g/mol. The zero-order valence-electron chi connectivity index (χ0n) is 10.6. The third kappa shape index (κ3) is 3.12. The molecule has 0 aliphatic heterocycles. The molecule has 94 valence electrons. The molecule has 0 saturated carbocycles. The maximum atomic E-state index is 6.38. The van der Waals surface area contributed by atoms with E-state index in [1.54, 1.807) is 0 Å². The molecule has 0 aromatic heterocycles. The molecule has 2 N–H and O–H groups in total. The Balaban J connectivity index is 2.31. The predicted molar refractivity (Wildman–Crippen MR) is 85.6 cm³/mol. The first-order chi connectivity index (χ1) is 8.72. The van der Waals surface area contributed by atoms with E-state index in [1.165, 1.54) is 26.7 Å². The first kappa shape index (κ1) is 13.6. The van der Waals surface area contributed by atoms with E-state index in [-0.39, 0.29) is 6.04 Å².